The van der Waals surface area contributed by atoms with Crippen LogP contribution in [0.25, 0.3) is 0 Å². The van der Waals surface area contributed by atoms with Crippen molar-refractivity contribution in [3.8, 4) is 0 Å². The highest BCUT2D eigenvalue weighted by atomic mass is 31.2. The van der Waals surface area contributed by atoms with Crippen LogP contribution in [0.4, 0.5) is 0 Å². The largest absolute Gasteiger partial charge is 0.341 e. The molecule has 1 fully saturated rings. The molecule has 2 atom stereocenters. The van der Waals surface area contributed by atoms with Crippen LogP contribution in [0, 0.1) is 5.92 Å². The third kappa shape index (κ3) is 2.68. The number of carbonyl (C=O) groups excluding carboxylic acids is 1. The van der Waals surface area contributed by atoms with Crippen molar-refractivity contribution in [1.29, 1.82) is 0 Å². The quantitative estimate of drug-likeness (QED) is 0.686. The standard InChI is InChI=1S/C10H19O4P/c1-4-13-15(12,14-5-2)9-7-6-8(3)10(9)11/h8-9H,4-7H2,1-3H3. The molecule has 1 aliphatic rings. The van der Waals surface area contributed by atoms with Gasteiger partial charge in [0.1, 0.15) is 5.66 Å². The Morgan fingerprint density at radius 1 is 1.27 bits per heavy atom. The first-order valence-corrected chi connectivity index (χ1v) is 7.08. The van der Waals surface area contributed by atoms with Gasteiger partial charge in [0.25, 0.3) is 0 Å². The highest BCUT2D eigenvalue weighted by Crippen LogP contribution is 2.57. The Labute approximate surface area is 90.9 Å². The van der Waals surface area contributed by atoms with Crippen molar-refractivity contribution in [3.63, 3.8) is 0 Å². The lowest BCUT2D eigenvalue weighted by Crippen LogP contribution is -2.20. The van der Waals surface area contributed by atoms with Crippen LogP contribution < -0.4 is 0 Å². The van der Waals surface area contributed by atoms with Crippen LogP contribution in [0.15, 0.2) is 0 Å². The van der Waals surface area contributed by atoms with E-state index < -0.39 is 13.3 Å². The minimum Gasteiger partial charge on any atom is -0.308 e. The van der Waals surface area contributed by atoms with Gasteiger partial charge < -0.3 is 9.05 Å². The maximum atomic E-state index is 12.3. The van der Waals surface area contributed by atoms with Gasteiger partial charge in [0.2, 0.25) is 0 Å². The molecule has 0 aromatic heterocycles. The van der Waals surface area contributed by atoms with Crippen LogP contribution in [0.1, 0.15) is 33.6 Å². The lowest BCUT2D eigenvalue weighted by molar-refractivity contribution is -0.120. The summed E-state index contributed by atoms with van der Waals surface area (Å²) in [5, 5.41) is 0. The minimum absolute atomic E-state index is 0.00997. The van der Waals surface area contributed by atoms with Gasteiger partial charge in [0.05, 0.1) is 13.2 Å². The number of hydrogen-bond acceptors (Lipinski definition) is 4. The van der Waals surface area contributed by atoms with Gasteiger partial charge in [-0.15, -0.1) is 0 Å². The normalized spacial score (nSPS) is 27.3. The Bertz CT molecular complexity index is 267. The van der Waals surface area contributed by atoms with Crippen LogP contribution in [-0.4, -0.2) is 24.7 Å². The molecule has 5 heteroatoms. The van der Waals surface area contributed by atoms with E-state index in [1.807, 2.05) is 6.92 Å². The average molecular weight is 234 g/mol. The summed E-state index contributed by atoms with van der Waals surface area (Å²) in [5.74, 6) is 0.0180. The average Bonchev–Trinajstić information content (AvgIpc) is 2.49. The zero-order valence-electron chi connectivity index (χ0n) is 9.56. The van der Waals surface area contributed by atoms with E-state index in [1.165, 1.54) is 0 Å². The summed E-state index contributed by atoms with van der Waals surface area (Å²) >= 11 is 0. The van der Waals surface area contributed by atoms with Gasteiger partial charge in [0, 0.05) is 5.92 Å². The first-order valence-electron chi connectivity index (χ1n) is 5.47. The summed E-state index contributed by atoms with van der Waals surface area (Å²) in [7, 11) is -3.21. The topological polar surface area (TPSA) is 52.6 Å². The molecule has 0 N–H and O–H groups in total. The van der Waals surface area contributed by atoms with E-state index in [4.69, 9.17) is 9.05 Å². The van der Waals surface area contributed by atoms with Crippen LogP contribution >= 0.6 is 7.60 Å². The molecule has 0 spiro atoms. The molecule has 1 rings (SSSR count). The van der Waals surface area contributed by atoms with E-state index in [-0.39, 0.29) is 11.7 Å². The van der Waals surface area contributed by atoms with Crippen molar-refractivity contribution in [2.45, 2.75) is 39.3 Å². The van der Waals surface area contributed by atoms with Crippen molar-refractivity contribution < 1.29 is 18.4 Å². The summed E-state index contributed by atoms with van der Waals surface area (Å²) in [4.78, 5) is 11.8. The van der Waals surface area contributed by atoms with Crippen LogP contribution in [0.5, 0.6) is 0 Å². The fourth-order valence-electron chi connectivity index (χ4n) is 1.91. The number of rotatable bonds is 5. The highest BCUT2D eigenvalue weighted by molar-refractivity contribution is 7.55. The monoisotopic (exact) mass is 234 g/mol. The molecule has 1 aliphatic carbocycles. The van der Waals surface area contributed by atoms with Crippen molar-refractivity contribution in [2.75, 3.05) is 13.2 Å². The Morgan fingerprint density at radius 3 is 2.13 bits per heavy atom. The van der Waals surface area contributed by atoms with E-state index in [0.29, 0.717) is 19.6 Å². The molecule has 1 saturated carbocycles. The summed E-state index contributed by atoms with van der Waals surface area (Å²) in [5.41, 5.74) is -0.535. The summed E-state index contributed by atoms with van der Waals surface area (Å²) in [6, 6.07) is 0. The Balaban J connectivity index is 2.81. The van der Waals surface area contributed by atoms with Gasteiger partial charge in [-0.05, 0) is 26.7 Å². The molecule has 4 nitrogen and oxygen atoms in total. The summed E-state index contributed by atoms with van der Waals surface area (Å²) < 4.78 is 22.7. The van der Waals surface area contributed by atoms with Gasteiger partial charge in [-0.2, -0.15) is 0 Å². The third-order valence-corrected chi connectivity index (χ3v) is 5.20. The van der Waals surface area contributed by atoms with E-state index in [0.717, 1.165) is 6.42 Å². The van der Waals surface area contributed by atoms with E-state index in [1.54, 1.807) is 13.8 Å². The van der Waals surface area contributed by atoms with E-state index in [2.05, 4.69) is 0 Å². The molecule has 0 heterocycles. The number of ketones is 1. The smallest absolute Gasteiger partial charge is 0.308 e. The first-order chi connectivity index (χ1) is 7.05. The maximum absolute atomic E-state index is 12.3. The second-order valence-electron chi connectivity index (χ2n) is 3.77. The zero-order valence-corrected chi connectivity index (χ0v) is 10.5. The van der Waals surface area contributed by atoms with Gasteiger partial charge in [0.15, 0.2) is 5.78 Å². The van der Waals surface area contributed by atoms with Crippen molar-refractivity contribution in [1.82, 2.24) is 0 Å². The SMILES string of the molecule is CCOP(=O)(OCC)C1CCC(C)C1=O. The molecule has 88 valence electrons. The molecular weight excluding hydrogens is 215 g/mol. The van der Waals surface area contributed by atoms with Crippen molar-refractivity contribution >= 4 is 13.4 Å². The fourth-order valence-corrected chi connectivity index (χ4v) is 4.10. The molecule has 0 bridgehead atoms. The minimum atomic E-state index is -3.21. The lowest BCUT2D eigenvalue weighted by atomic mass is 10.1. The third-order valence-electron chi connectivity index (χ3n) is 2.69. The molecule has 0 saturated heterocycles. The number of Topliss-reactive ketones (excluding diaryl/α,β-unsaturated/α-hetero) is 1. The van der Waals surface area contributed by atoms with Crippen molar-refractivity contribution in [3.05, 3.63) is 0 Å². The molecule has 15 heavy (non-hydrogen) atoms. The molecule has 0 amide bonds. The lowest BCUT2D eigenvalue weighted by Gasteiger charge is -2.21. The first kappa shape index (κ1) is 12.9. The molecule has 0 aromatic rings. The second-order valence-corrected chi connectivity index (χ2v) is 5.99. The van der Waals surface area contributed by atoms with Crippen LogP contribution in [0.2, 0.25) is 0 Å². The summed E-state index contributed by atoms with van der Waals surface area (Å²) in [6.45, 7) is 6.01. The number of hydrogen-bond donors (Lipinski definition) is 0. The Morgan fingerprint density at radius 2 is 1.80 bits per heavy atom. The fraction of sp³-hybridized carbons (Fsp3) is 0.900. The zero-order chi connectivity index (χ0) is 11.5. The predicted molar refractivity (Wildman–Crippen MR) is 58.1 cm³/mol. The summed E-state index contributed by atoms with van der Waals surface area (Å²) in [6.07, 6.45) is 1.41. The van der Waals surface area contributed by atoms with Gasteiger partial charge in [-0.3, -0.25) is 9.36 Å². The second kappa shape index (κ2) is 5.24. The predicted octanol–water partition coefficient (Wildman–Crippen LogP) is 2.62. The Hall–Kier alpha value is -0.180. The molecule has 2 unspecified atom stereocenters. The van der Waals surface area contributed by atoms with Crippen molar-refractivity contribution in [2.24, 2.45) is 5.92 Å². The molecule has 0 aromatic carbocycles. The van der Waals surface area contributed by atoms with Gasteiger partial charge >= 0.3 is 7.60 Å². The van der Waals surface area contributed by atoms with E-state index >= 15 is 0 Å². The van der Waals surface area contributed by atoms with Gasteiger partial charge in [-0.25, -0.2) is 0 Å². The van der Waals surface area contributed by atoms with Gasteiger partial charge in [-0.1, -0.05) is 6.92 Å². The van der Waals surface area contributed by atoms with E-state index in [9.17, 15) is 9.36 Å². The highest BCUT2D eigenvalue weighted by Gasteiger charge is 2.46. The number of carbonyl (C=O) groups is 1. The maximum Gasteiger partial charge on any atom is 0.341 e. The molecular formula is C10H19O4P. The molecule has 0 radical (unpaired) electrons. The van der Waals surface area contributed by atoms with Crippen LogP contribution in [-0.2, 0) is 18.4 Å². The molecule has 0 aliphatic heterocycles. The Kier molecular flexibility index (Phi) is 4.50. The van der Waals surface area contributed by atoms with Crippen LogP contribution in [0.3, 0.4) is 0 Å².